The molecule has 11 heavy (non-hydrogen) atoms. The lowest BCUT2D eigenvalue weighted by molar-refractivity contribution is 0.625. The molecule has 2 heteroatoms. The zero-order chi connectivity index (χ0) is 8.10. The Kier molecular flexibility index (Phi) is 3.50. The predicted octanol–water partition coefficient (Wildman–Crippen LogP) is 3.09. The van der Waals surface area contributed by atoms with Crippen LogP contribution in [0.3, 0.4) is 0 Å². The molecule has 1 nitrogen and oxygen atoms in total. The highest BCUT2D eigenvalue weighted by Gasteiger charge is 2.00. The summed E-state index contributed by atoms with van der Waals surface area (Å²) in [7, 11) is 0. The molecule has 0 N–H and O–H groups in total. The highest BCUT2D eigenvalue weighted by atomic mass is 35.5. The van der Waals surface area contributed by atoms with Gasteiger partial charge in [-0.3, -0.25) is 4.42 Å². The quantitative estimate of drug-likeness (QED) is 0.456. The molecule has 62 valence electrons. The summed E-state index contributed by atoms with van der Waals surface area (Å²) in [5.74, 6) is 0. The first-order chi connectivity index (χ1) is 5.33. The third kappa shape index (κ3) is 2.98. The molecule has 0 aromatic heterocycles. The smallest absolute Gasteiger partial charge is 0.0314 e. The standard InChI is InChI=1S/C9H14ClN/c1-2-11(10)8-9-6-4-3-5-7-9/h3-4,8H,2,5-7H2,1H3. The molecule has 1 aliphatic rings. The lowest BCUT2D eigenvalue weighted by Crippen LogP contribution is -2.03. The number of halogens is 1. The van der Waals surface area contributed by atoms with Crippen molar-refractivity contribution in [2.45, 2.75) is 26.2 Å². The first-order valence-electron chi connectivity index (χ1n) is 4.10. The maximum absolute atomic E-state index is 5.83. The van der Waals surface area contributed by atoms with Gasteiger partial charge in [0.1, 0.15) is 0 Å². The molecular formula is C9H14ClN. The van der Waals surface area contributed by atoms with Crippen molar-refractivity contribution in [3.05, 3.63) is 23.9 Å². The van der Waals surface area contributed by atoms with Crippen molar-refractivity contribution in [3.8, 4) is 0 Å². The van der Waals surface area contributed by atoms with Gasteiger partial charge in [0.15, 0.2) is 0 Å². The molecule has 0 fully saturated rings. The predicted molar refractivity (Wildman–Crippen MR) is 49.3 cm³/mol. The summed E-state index contributed by atoms with van der Waals surface area (Å²) >= 11 is 5.83. The van der Waals surface area contributed by atoms with Gasteiger partial charge in [-0.15, -0.1) is 0 Å². The highest BCUT2D eigenvalue weighted by molar-refractivity contribution is 6.14. The van der Waals surface area contributed by atoms with Crippen LogP contribution in [0.2, 0.25) is 0 Å². The van der Waals surface area contributed by atoms with Crippen molar-refractivity contribution in [1.82, 2.24) is 4.42 Å². The van der Waals surface area contributed by atoms with Crippen molar-refractivity contribution in [2.75, 3.05) is 6.54 Å². The van der Waals surface area contributed by atoms with Crippen LogP contribution in [0.25, 0.3) is 0 Å². The molecule has 0 saturated heterocycles. The van der Waals surface area contributed by atoms with E-state index in [4.69, 9.17) is 11.8 Å². The van der Waals surface area contributed by atoms with Crippen LogP contribution in [0, 0.1) is 0 Å². The van der Waals surface area contributed by atoms with Gasteiger partial charge < -0.3 is 0 Å². The van der Waals surface area contributed by atoms with Gasteiger partial charge in [-0.25, -0.2) is 0 Å². The Morgan fingerprint density at radius 3 is 3.00 bits per heavy atom. The minimum atomic E-state index is 0.870. The van der Waals surface area contributed by atoms with Crippen LogP contribution in [-0.4, -0.2) is 11.0 Å². The zero-order valence-electron chi connectivity index (χ0n) is 6.89. The van der Waals surface area contributed by atoms with Crippen LogP contribution >= 0.6 is 11.8 Å². The molecule has 0 spiro atoms. The van der Waals surface area contributed by atoms with E-state index in [1.807, 2.05) is 13.1 Å². The first-order valence-corrected chi connectivity index (χ1v) is 4.43. The second kappa shape index (κ2) is 4.45. The van der Waals surface area contributed by atoms with Crippen molar-refractivity contribution in [3.63, 3.8) is 0 Å². The van der Waals surface area contributed by atoms with Gasteiger partial charge >= 0.3 is 0 Å². The van der Waals surface area contributed by atoms with Crippen LogP contribution in [-0.2, 0) is 0 Å². The first kappa shape index (κ1) is 8.66. The fourth-order valence-corrected chi connectivity index (χ4v) is 1.27. The minimum Gasteiger partial charge on any atom is -0.293 e. The van der Waals surface area contributed by atoms with E-state index >= 15 is 0 Å². The van der Waals surface area contributed by atoms with Crippen molar-refractivity contribution < 1.29 is 0 Å². The fraction of sp³-hybridized carbons (Fsp3) is 0.556. The van der Waals surface area contributed by atoms with Gasteiger partial charge in [0, 0.05) is 24.5 Å². The van der Waals surface area contributed by atoms with E-state index in [-0.39, 0.29) is 0 Å². The highest BCUT2D eigenvalue weighted by Crippen LogP contribution is 2.17. The monoisotopic (exact) mass is 171 g/mol. The van der Waals surface area contributed by atoms with Gasteiger partial charge in [-0.05, 0) is 31.8 Å². The number of allylic oxidation sites excluding steroid dienone is 3. The van der Waals surface area contributed by atoms with Crippen LogP contribution in [0.15, 0.2) is 23.9 Å². The van der Waals surface area contributed by atoms with Gasteiger partial charge in [-0.2, -0.15) is 0 Å². The third-order valence-electron chi connectivity index (χ3n) is 1.80. The van der Waals surface area contributed by atoms with E-state index in [1.165, 1.54) is 18.4 Å². The van der Waals surface area contributed by atoms with Crippen molar-refractivity contribution in [2.24, 2.45) is 0 Å². The van der Waals surface area contributed by atoms with Crippen molar-refractivity contribution >= 4 is 11.8 Å². The summed E-state index contributed by atoms with van der Waals surface area (Å²) in [6.07, 6.45) is 9.88. The summed E-state index contributed by atoms with van der Waals surface area (Å²) in [4.78, 5) is 0. The molecule has 1 rings (SSSR count). The van der Waals surface area contributed by atoms with E-state index < -0.39 is 0 Å². The molecule has 0 heterocycles. The second-order valence-electron chi connectivity index (χ2n) is 2.72. The third-order valence-corrected chi connectivity index (χ3v) is 2.14. The van der Waals surface area contributed by atoms with E-state index in [0.29, 0.717) is 0 Å². The Morgan fingerprint density at radius 1 is 1.64 bits per heavy atom. The fourth-order valence-electron chi connectivity index (χ4n) is 1.13. The average molecular weight is 172 g/mol. The van der Waals surface area contributed by atoms with Gasteiger partial charge in [-0.1, -0.05) is 12.2 Å². The van der Waals surface area contributed by atoms with Crippen molar-refractivity contribution in [1.29, 1.82) is 0 Å². The summed E-state index contributed by atoms with van der Waals surface area (Å²) in [5, 5.41) is 0. The Labute approximate surface area is 73.4 Å². The lowest BCUT2D eigenvalue weighted by atomic mass is 10.0. The molecule has 0 aromatic rings. The minimum absolute atomic E-state index is 0.870. The Bertz CT molecular complexity index is 172. The van der Waals surface area contributed by atoms with Crippen LogP contribution in [0.5, 0.6) is 0 Å². The van der Waals surface area contributed by atoms with Gasteiger partial charge in [0.25, 0.3) is 0 Å². The Hall–Kier alpha value is -0.430. The molecule has 0 aliphatic heterocycles. The number of hydrogen-bond donors (Lipinski definition) is 0. The molecule has 0 amide bonds. The Morgan fingerprint density at radius 2 is 2.45 bits per heavy atom. The molecule has 0 atom stereocenters. The second-order valence-corrected chi connectivity index (χ2v) is 3.15. The number of nitrogens with zero attached hydrogens (tertiary/aromatic N) is 1. The maximum Gasteiger partial charge on any atom is 0.0314 e. The molecule has 0 saturated carbocycles. The van der Waals surface area contributed by atoms with Crippen LogP contribution < -0.4 is 0 Å². The van der Waals surface area contributed by atoms with E-state index in [9.17, 15) is 0 Å². The summed E-state index contributed by atoms with van der Waals surface area (Å²) in [5.41, 5.74) is 1.43. The maximum atomic E-state index is 5.83. The van der Waals surface area contributed by atoms with Gasteiger partial charge in [0.2, 0.25) is 0 Å². The van der Waals surface area contributed by atoms with E-state index in [1.54, 1.807) is 4.42 Å². The molecule has 1 aliphatic carbocycles. The molecule has 0 radical (unpaired) electrons. The SMILES string of the molecule is CCN(Cl)C=C1CC=CCC1. The van der Waals surface area contributed by atoms with Crippen LogP contribution in [0.1, 0.15) is 26.2 Å². The average Bonchev–Trinajstić information content (AvgIpc) is 2.06. The van der Waals surface area contributed by atoms with Crippen LogP contribution in [0.4, 0.5) is 0 Å². The Balaban J connectivity index is 2.45. The molecule has 0 aromatic carbocycles. The van der Waals surface area contributed by atoms with E-state index in [2.05, 4.69) is 12.2 Å². The summed E-state index contributed by atoms with van der Waals surface area (Å²) < 4.78 is 1.72. The van der Waals surface area contributed by atoms with Gasteiger partial charge in [0.05, 0.1) is 0 Å². The topological polar surface area (TPSA) is 3.24 Å². The van der Waals surface area contributed by atoms with E-state index in [0.717, 1.165) is 13.0 Å². The molecular weight excluding hydrogens is 158 g/mol. The summed E-state index contributed by atoms with van der Waals surface area (Å²) in [6, 6.07) is 0. The number of rotatable bonds is 2. The molecule has 0 bridgehead atoms. The summed E-state index contributed by atoms with van der Waals surface area (Å²) in [6.45, 7) is 2.91. The number of hydrogen-bond acceptors (Lipinski definition) is 1. The largest absolute Gasteiger partial charge is 0.293 e. The zero-order valence-corrected chi connectivity index (χ0v) is 7.64. The molecule has 0 unspecified atom stereocenters. The lowest BCUT2D eigenvalue weighted by Gasteiger charge is -2.12. The normalized spacial score (nSPS) is 20.7.